The smallest absolute Gasteiger partial charge is 0.282 e. The highest BCUT2D eigenvalue weighted by molar-refractivity contribution is 5.98. The third-order valence-corrected chi connectivity index (χ3v) is 3.52. The second-order valence-electron chi connectivity index (χ2n) is 4.56. The number of rotatable bonds is 6. The lowest BCUT2D eigenvalue weighted by Crippen LogP contribution is -2.53. The first-order chi connectivity index (χ1) is 9.39. The van der Waals surface area contributed by atoms with Gasteiger partial charge in [0.25, 0.3) is 11.6 Å². The van der Waals surface area contributed by atoms with Gasteiger partial charge in [-0.1, -0.05) is 13.8 Å². The Bertz CT molecular complexity index is 507. The van der Waals surface area contributed by atoms with Crippen LogP contribution in [0.4, 0.5) is 10.1 Å². The Morgan fingerprint density at radius 2 is 2.05 bits per heavy atom. The van der Waals surface area contributed by atoms with Crippen molar-refractivity contribution < 1.29 is 14.1 Å². The molecule has 1 aromatic carbocycles. The van der Waals surface area contributed by atoms with Crippen molar-refractivity contribution in [3.8, 4) is 0 Å². The van der Waals surface area contributed by atoms with Crippen molar-refractivity contribution in [2.24, 2.45) is 5.73 Å². The standard InChI is InChI=1S/C13H18FN3O3/c1-3-13(4-2,8-15)16-12(18)10-7-9(14)5-6-11(10)17(19)20/h5-7H,3-4,8,15H2,1-2H3,(H,16,18). The Hall–Kier alpha value is -2.02. The fraction of sp³-hybridized carbons (Fsp3) is 0.462. The molecule has 6 nitrogen and oxygen atoms in total. The SMILES string of the molecule is CCC(CC)(CN)NC(=O)c1cc(F)ccc1[N+](=O)[O-]. The Labute approximate surface area is 116 Å². The minimum atomic E-state index is -0.712. The molecule has 20 heavy (non-hydrogen) atoms. The highest BCUT2D eigenvalue weighted by Gasteiger charge is 2.30. The monoisotopic (exact) mass is 283 g/mol. The zero-order valence-electron chi connectivity index (χ0n) is 11.5. The van der Waals surface area contributed by atoms with Crippen LogP contribution in [0.5, 0.6) is 0 Å². The van der Waals surface area contributed by atoms with Gasteiger partial charge in [-0.15, -0.1) is 0 Å². The van der Waals surface area contributed by atoms with Crippen LogP contribution in [-0.2, 0) is 0 Å². The van der Waals surface area contributed by atoms with E-state index in [-0.39, 0.29) is 12.1 Å². The molecule has 1 aromatic rings. The maximum Gasteiger partial charge on any atom is 0.282 e. The number of carbonyl (C=O) groups excluding carboxylic acids is 1. The zero-order valence-corrected chi connectivity index (χ0v) is 11.5. The van der Waals surface area contributed by atoms with E-state index in [4.69, 9.17) is 5.73 Å². The molecular weight excluding hydrogens is 265 g/mol. The van der Waals surface area contributed by atoms with Crippen molar-refractivity contribution in [3.63, 3.8) is 0 Å². The van der Waals surface area contributed by atoms with Crippen LogP contribution in [0.3, 0.4) is 0 Å². The summed E-state index contributed by atoms with van der Waals surface area (Å²) in [6.45, 7) is 3.92. The number of nitrogens with zero attached hydrogens (tertiary/aromatic N) is 1. The van der Waals surface area contributed by atoms with E-state index in [9.17, 15) is 19.3 Å². The number of hydrogen-bond acceptors (Lipinski definition) is 4. The Morgan fingerprint density at radius 3 is 2.50 bits per heavy atom. The van der Waals surface area contributed by atoms with E-state index < -0.39 is 27.9 Å². The third kappa shape index (κ3) is 3.30. The van der Waals surface area contributed by atoms with E-state index in [1.54, 1.807) is 0 Å². The number of nitrogens with two attached hydrogens (primary N) is 1. The molecule has 0 bridgehead atoms. The van der Waals surface area contributed by atoms with E-state index in [2.05, 4.69) is 5.32 Å². The molecule has 0 heterocycles. The summed E-state index contributed by atoms with van der Waals surface area (Å²) in [6, 6.07) is 2.79. The first kappa shape index (κ1) is 16.0. The van der Waals surface area contributed by atoms with Crippen LogP contribution in [0.1, 0.15) is 37.0 Å². The Balaban J connectivity index is 3.15. The molecule has 0 saturated carbocycles. The molecule has 1 amide bonds. The van der Waals surface area contributed by atoms with Gasteiger partial charge < -0.3 is 11.1 Å². The molecule has 0 aliphatic rings. The summed E-state index contributed by atoms with van der Waals surface area (Å²) in [5, 5.41) is 13.6. The predicted molar refractivity (Wildman–Crippen MR) is 72.9 cm³/mol. The minimum Gasteiger partial charge on any atom is -0.345 e. The fourth-order valence-corrected chi connectivity index (χ4v) is 1.92. The second-order valence-corrected chi connectivity index (χ2v) is 4.56. The van der Waals surface area contributed by atoms with Gasteiger partial charge in [-0.05, 0) is 25.0 Å². The summed E-state index contributed by atoms with van der Waals surface area (Å²) in [4.78, 5) is 22.4. The van der Waals surface area contributed by atoms with Gasteiger partial charge in [0.1, 0.15) is 11.4 Å². The molecule has 0 saturated heterocycles. The maximum absolute atomic E-state index is 13.2. The van der Waals surface area contributed by atoms with E-state index in [0.29, 0.717) is 12.8 Å². The summed E-state index contributed by atoms with van der Waals surface area (Å²) >= 11 is 0. The highest BCUT2D eigenvalue weighted by Crippen LogP contribution is 2.21. The molecule has 0 aromatic heterocycles. The number of amides is 1. The molecular formula is C13H18FN3O3. The average Bonchev–Trinajstić information content (AvgIpc) is 2.44. The predicted octanol–water partition coefficient (Wildman–Crippen LogP) is 1.98. The molecule has 3 N–H and O–H groups in total. The van der Waals surface area contributed by atoms with Crippen molar-refractivity contribution >= 4 is 11.6 Å². The Morgan fingerprint density at radius 1 is 1.45 bits per heavy atom. The van der Waals surface area contributed by atoms with E-state index in [1.165, 1.54) is 0 Å². The van der Waals surface area contributed by atoms with Crippen LogP contribution in [0, 0.1) is 15.9 Å². The minimum absolute atomic E-state index is 0.203. The number of nitro benzene ring substituents is 1. The highest BCUT2D eigenvalue weighted by atomic mass is 19.1. The normalized spacial score (nSPS) is 11.2. The second kappa shape index (κ2) is 6.42. The van der Waals surface area contributed by atoms with Gasteiger partial charge in [0, 0.05) is 12.6 Å². The molecule has 0 atom stereocenters. The number of benzene rings is 1. The van der Waals surface area contributed by atoms with Crippen LogP contribution < -0.4 is 11.1 Å². The number of hydrogen-bond donors (Lipinski definition) is 2. The van der Waals surface area contributed by atoms with Gasteiger partial charge >= 0.3 is 0 Å². The summed E-state index contributed by atoms with van der Waals surface area (Å²) in [5.41, 5.74) is 4.29. The molecule has 0 radical (unpaired) electrons. The molecule has 0 aliphatic carbocycles. The van der Waals surface area contributed by atoms with Crippen LogP contribution in [0.15, 0.2) is 18.2 Å². The molecule has 0 fully saturated rings. The quantitative estimate of drug-likeness (QED) is 0.616. The van der Waals surface area contributed by atoms with Gasteiger partial charge in [0.2, 0.25) is 0 Å². The average molecular weight is 283 g/mol. The van der Waals surface area contributed by atoms with Gasteiger partial charge in [0.15, 0.2) is 0 Å². The van der Waals surface area contributed by atoms with Crippen molar-refractivity contribution in [1.29, 1.82) is 0 Å². The molecule has 0 unspecified atom stereocenters. The number of nitrogens with one attached hydrogen (secondary N) is 1. The molecule has 0 aliphatic heterocycles. The van der Waals surface area contributed by atoms with Gasteiger partial charge in [-0.25, -0.2) is 4.39 Å². The van der Waals surface area contributed by atoms with Gasteiger partial charge in [-0.3, -0.25) is 14.9 Å². The van der Waals surface area contributed by atoms with Crippen LogP contribution in [-0.4, -0.2) is 22.9 Å². The number of nitro groups is 1. The topological polar surface area (TPSA) is 98.3 Å². The van der Waals surface area contributed by atoms with E-state index in [0.717, 1.165) is 18.2 Å². The summed E-state index contributed by atoms with van der Waals surface area (Å²) in [5.74, 6) is -1.39. The largest absolute Gasteiger partial charge is 0.345 e. The molecule has 1 rings (SSSR count). The first-order valence-electron chi connectivity index (χ1n) is 6.35. The van der Waals surface area contributed by atoms with Gasteiger partial charge in [0.05, 0.1) is 10.5 Å². The van der Waals surface area contributed by atoms with Crippen LogP contribution in [0.2, 0.25) is 0 Å². The fourth-order valence-electron chi connectivity index (χ4n) is 1.92. The van der Waals surface area contributed by atoms with Crippen LogP contribution in [0.25, 0.3) is 0 Å². The number of carbonyl (C=O) groups is 1. The molecule has 7 heteroatoms. The molecule has 0 spiro atoms. The Kier molecular flexibility index (Phi) is 5.15. The first-order valence-corrected chi connectivity index (χ1v) is 6.35. The van der Waals surface area contributed by atoms with Crippen LogP contribution >= 0.6 is 0 Å². The maximum atomic E-state index is 13.2. The van der Waals surface area contributed by atoms with Crippen molar-refractivity contribution in [2.45, 2.75) is 32.2 Å². The van der Waals surface area contributed by atoms with Crippen molar-refractivity contribution in [3.05, 3.63) is 39.7 Å². The van der Waals surface area contributed by atoms with E-state index in [1.807, 2.05) is 13.8 Å². The summed E-state index contributed by atoms with van der Waals surface area (Å²) in [7, 11) is 0. The lowest BCUT2D eigenvalue weighted by atomic mass is 9.92. The number of halogens is 1. The van der Waals surface area contributed by atoms with Gasteiger partial charge in [-0.2, -0.15) is 0 Å². The lowest BCUT2D eigenvalue weighted by Gasteiger charge is -2.31. The molecule has 110 valence electrons. The third-order valence-electron chi connectivity index (χ3n) is 3.52. The van der Waals surface area contributed by atoms with Crippen molar-refractivity contribution in [2.75, 3.05) is 6.54 Å². The van der Waals surface area contributed by atoms with E-state index >= 15 is 0 Å². The zero-order chi connectivity index (χ0) is 15.3. The summed E-state index contributed by atoms with van der Waals surface area (Å²) < 4.78 is 13.2. The lowest BCUT2D eigenvalue weighted by molar-refractivity contribution is -0.385. The summed E-state index contributed by atoms with van der Waals surface area (Å²) in [6.07, 6.45) is 1.16. The van der Waals surface area contributed by atoms with Crippen molar-refractivity contribution in [1.82, 2.24) is 5.32 Å².